The minimum Gasteiger partial charge on any atom is -0.354 e. The van der Waals surface area contributed by atoms with Crippen LogP contribution in [0.1, 0.15) is 37.3 Å². The van der Waals surface area contributed by atoms with Crippen molar-refractivity contribution in [3.8, 4) is 0 Å². The van der Waals surface area contributed by atoms with E-state index < -0.39 is 12.1 Å². The summed E-state index contributed by atoms with van der Waals surface area (Å²) in [5.41, 5.74) is 1.15. The van der Waals surface area contributed by atoms with Crippen molar-refractivity contribution in [1.82, 2.24) is 15.1 Å². The van der Waals surface area contributed by atoms with Gasteiger partial charge in [-0.05, 0) is 44.3 Å². The first kappa shape index (κ1) is 20.6. The summed E-state index contributed by atoms with van der Waals surface area (Å²) in [4.78, 5) is 27.0. The molecule has 28 heavy (non-hydrogen) atoms. The second-order valence-corrected chi connectivity index (χ2v) is 7.48. The molecule has 3 rings (SSSR count). The third-order valence-electron chi connectivity index (χ3n) is 5.63. The molecule has 2 saturated heterocycles. The van der Waals surface area contributed by atoms with Gasteiger partial charge in [-0.15, -0.1) is 0 Å². The SMILES string of the molecule is O=C(NCC(c1ccccc1)N1CCCC1)C1CCN(C(=O)C(F)(F)F)CC1. The molecule has 2 amide bonds. The van der Waals surface area contributed by atoms with Crippen molar-refractivity contribution < 1.29 is 22.8 Å². The fourth-order valence-corrected chi connectivity index (χ4v) is 4.05. The summed E-state index contributed by atoms with van der Waals surface area (Å²) in [6.45, 7) is 2.39. The van der Waals surface area contributed by atoms with Crippen molar-refractivity contribution in [2.75, 3.05) is 32.7 Å². The van der Waals surface area contributed by atoms with Gasteiger partial charge in [-0.1, -0.05) is 30.3 Å². The second-order valence-electron chi connectivity index (χ2n) is 7.48. The van der Waals surface area contributed by atoms with Crippen LogP contribution in [0.25, 0.3) is 0 Å². The Morgan fingerprint density at radius 1 is 1.04 bits per heavy atom. The number of piperidine rings is 1. The number of amides is 2. The molecule has 154 valence electrons. The van der Waals surface area contributed by atoms with Gasteiger partial charge >= 0.3 is 12.1 Å². The van der Waals surface area contributed by atoms with Crippen molar-refractivity contribution in [1.29, 1.82) is 0 Å². The number of rotatable bonds is 5. The van der Waals surface area contributed by atoms with Crippen molar-refractivity contribution in [2.45, 2.75) is 37.9 Å². The number of hydrogen-bond acceptors (Lipinski definition) is 3. The maximum atomic E-state index is 12.6. The summed E-state index contributed by atoms with van der Waals surface area (Å²) in [7, 11) is 0. The number of benzene rings is 1. The summed E-state index contributed by atoms with van der Waals surface area (Å²) in [6, 6.07) is 10.1. The van der Waals surface area contributed by atoms with Gasteiger partial charge in [0.15, 0.2) is 0 Å². The third kappa shape index (κ3) is 5.04. The third-order valence-corrected chi connectivity index (χ3v) is 5.63. The van der Waals surface area contributed by atoms with Crippen LogP contribution in [0.2, 0.25) is 0 Å². The average Bonchev–Trinajstić information content (AvgIpc) is 3.22. The van der Waals surface area contributed by atoms with E-state index in [1.165, 1.54) is 0 Å². The Bertz CT molecular complexity index is 667. The second kappa shape index (κ2) is 8.94. The van der Waals surface area contributed by atoms with Crippen LogP contribution in [0.15, 0.2) is 30.3 Å². The van der Waals surface area contributed by atoms with Gasteiger partial charge in [0.2, 0.25) is 5.91 Å². The molecule has 2 aliphatic heterocycles. The van der Waals surface area contributed by atoms with Crippen molar-refractivity contribution in [3.05, 3.63) is 35.9 Å². The van der Waals surface area contributed by atoms with Gasteiger partial charge in [0, 0.05) is 25.6 Å². The van der Waals surface area contributed by atoms with Gasteiger partial charge in [0.05, 0.1) is 6.04 Å². The summed E-state index contributed by atoms with van der Waals surface area (Å²) >= 11 is 0. The molecule has 2 heterocycles. The first-order chi connectivity index (χ1) is 13.4. The molecular weight excluding hydrogens is 371 g/mol. The van der Waals surface area contributed by atoms with Crippen LogP contribution in [0, 0.1) is 5.92 Å². The fraction of sp³-hybridized carbons (Fsp3) is 0.600. The topological polar surface area (TPSA) is 52.7 Å². The van der Waals surface area contributed by atoms with Gasteiger partial charge in [-0.3, -0.25) is 14.5 Å². The molecule has 1 aromatic carbocycles. The molecule has 8 heteroatoms. The monoisotopic (exact) mass is 397 g/mol. The Kier molecular flexibility index (Phi) is 6.59. The molecule has 5 nitrogen and oxygen atoms in total. The first-order valence-electron chi connectivity index (χ1n) is 9.79. The predicted molar refractivity (Wildman–Crippen MR) is 98.4 cm³/mol. The first-order valence-corrected chi connectivity index (χ1v) is 9.79. The molecule has 1 atom stereocenters. The minimum absolute atomic E-state index is 0.0370. The maximum Gasteiger partial charge on any atom is 0.471 e. The molecule has 0 aliphatic carbocycles. The van der Waals surface area contributed by atoms with E-state index in [2.05, 4.69) is 22.3 Å². The normalized spacial score (nSPS) is 20.2. The fourth-order valence-electron chi connectivity index (χ4n) is 4.05. The van der Waals surface area contributed by atoms with E-state index in [1.54, 1.807) is 0 Å². The van der Waals surface area contributed by atoms with E-state index in [1.807, 2.05) is 18.2 Å². The number of carbonyl (C=O) groups is 2. The van der Waals surface area contributed by atoms with Crippen molar-refractivity contribution in [2.24, 2.45) is 5.92 Å². The van der Waals surface area contributed by atoms with Gasteiger partial charge < -0.3 is 10.2 Å². The molecule has 0 radical (unpaired) electrons. The van der Waals surface area contributed by atoms with E-state index in [-0.39, 0.29) is 43.8 Å². The maximum absolute atomic E-state index is 12.6. The number of halogens is 3. The van der Waals surface area contributed by atoms with Crippen LogP contribution in [0.5, 0.6) is 0 Å². The molecule has 0 saturated carbocycles. The van der Waals surface area contributed by atoms with E-state index in [0.29, 0.717) is 6.54 Å². The molecule has 0 aromatic heterocycles. The molecule has 2 fully saturated rings. The number of likely N-dealkylation sites (tertiary alicyclic amines) is 2. The van der Waals surface area contributed by atoms with E-state index in [0.717, 1.165) is 36.4 Å². The molecule has 1 aromatic rings. The zero-order valence-corrected chi connectivity index (χ0v) is 15.8. The highest BCUT2D eigenvalue weighted by Gasteiger charge is 2.43. The summed E-state index contributed by atoms with van der Waals surface area (Å²) in [5.74, 6) is -2.31. The highest BCUT2D eigenvalue weighted by atomic mass is 19.4. The average molecular weight is 397 g/mol. The number of nitrogens with one attached hydrogen (secondary N) is 1. The van der Waals surface area contributed by atoms with Crippen LogP contribution in [-0.4, -0.2) is 60.5 Å². The van der Waals surface area contributed by atoms with Crippen LogP contribution in [0.4, 0.5) is 13.2 Å². The Labute approximate surface area is 162 Å². The lowest BCUT2D eigenvalue weighted by atomic mass is 9.95. The number of hydrogen-bond donors (Lipinski definition) is 1. The van der Waals surface area contributed by atoms with Crippen molar-refractivity contribution in [3.63, 3.8) is 0 Å². The van der Waals surface area contributed by atoms with E-state index in [4.69, 9.17) is 0 Å². The van der Waals surface area contributed by atoms with Gasteiger partial charge in [-0.25, -0.2) is 0 Å². The standard InChI is InChI=1S/C20H26F3N3O2/c21-20(22,23)19(28)26-12-8-16(9-13-26)18(27)24-14-17(25-10-4-5-11-25)15-6-2-1-3-7-15/h1-3,6-7,16-17H,4-5,8-14H2,(H,24,27). The zero-order valence-electron chi connectivity index (χ0n) is 15.8. The lowest BCUT2D eigenvalue weighted by Gasteiger charge is -2.33. The van der Waals surface area contributed by atoms with Gasteiger partial charge in [0.1, 0.15) is 0 Å². The predicted octanol–water partition coefficient (Wildman–Crippen LogP) is 2.74. The smallest absolute Gasteiger partial charge is 0.354 e. The minimum atomic E-state index is -4.85. The van der Waals surface area contributed by atoms with Crippen LogP contribution in [-0.2, 0) is 9.59 Å². The Morgan fingerprint density at radius 2 is 1.64 bits per heavy atom. The lowest BCUT2D eigenvalue weighted by molar-refractivity contribution is -0.186. The Hall–Kier alpha value is -2.09. The largest absolute Gasteiger partial charge is 0.471 e. The number of nitrogens with zero attached hydrogens (tertiary/aromatic N) is 2. The molecule has 0 spiro atoms. The molecule has 0 bridgehead atoms. The quantitative estimate of drug-likeness (QED) is 0.831. The summed E-state index contributed by atoms with van der Waals surface area (Å²) < 4.78 is 37.6. The lowest BCUT2D eigenvalue weighted by Crippen LogP contribution is -2.48. The van der Waals surface area contributed by atoms with Gasteiger partial charge in [-0.2, -0.15) is 13.2 Å². The number of carbonyl (C=O) groups excluding carboxylic acids is 2. The van der Waals surface area contributed by atoms with Gasteiger partial charge in [0.25, 0.3) is 0 Å². The van der Waals surface area contributed by atoms with Crippen LogP contribution < -0.4 is 5.32 Å². The number of alkyl halides is 3. The Balaban J connectivity index is 1.53. The molecule has 1 unspecified atom stereocenters. The van der Waals surface area contributed by atoms with E-state index in [9.17, 15) is 22.8 Å². The van der Waals surface area contributed by atoms with Crippen molar-refractivity contribution >= 4 is 11.8 Å². The summed E-state index contributed by atoms with van der Waals surface area (Å²) in [6.07, 6.45) is -2.06. The molecular formula is C20H26F3N3O2. The van der Waals surface area contributed by atoms with E-state index >= 15 is 0 Å². The molecule has 2 aliphatic rings. The highest BCUT2D eigenvalue weighted by molar-refractivity contribution is 5.83. The highest BCUT2D eigenvalue weighted by Crippen LogP contribution is 2.26. The molecule has 1 N–H and O–H groups in total. The van der Waals surface area contributed by atoms with Crippen LogP contribution >= 0.6 is 0 Å². The Morgan fingerprint density at radius 3 is 2.21 bits per heavy atom. The van der Waals surface area contributed by atoms with Crippen LogP contribution in [0.3, 0.4) is 0 Å². The summed E-state index contributed by atoms with van der Waals surface area (Å²) in [5, 5.41) is 3.00. The zero-order chi connectivity index (χ0) is 20.1.